The Bertz CT molecular complexity index is 169. The van der Waals surface area contributed by atoms with Crippen LogP contribution in [-0.4, -0.2) is 34.0 Å². The van der Waals surface area contributed by atoms with Crippen LogP contribution in [-0.2, 0) is 4.79 Å². The van der Waals surface area contributed by atoms with Gasteiger partial charge in [0.05, 0.1) is 11.5 Å². The summed E-state index contributed by atoms with van der Waals surface area (Å²) in [5.41, 5.74) is -1.22. The van der Waals surface area contributed by atoms with Crippen LogP contribution >= 0.6 is 0 Å². The van der Waals surface area contributed by atoms with Crippen LogP contribution in [0.15, 0.2) is 0 Å². The largest absolute Gasteiger partial charge is 0.481 e. The fourth-order valence-corrected chi connectivity index (χ4v) is 1.24. The number of aliphatic carboxylic acids is 1. The number of hydrogen-bond acceptors (Lipinski definition) is 3. The van der Waals surface area contributed by atoms with Crippen LogP contribution in [0.2, 0.25) is 0 Å². The third kappa shape index (κ3) is 2.97. The van der Waals surface area contributed by atoms with Crippen molar-refractivity contribution < 1.29 is 20.1 Å². The van der Waals surface area contributed by atoms with Gasteiger partial charge in [-0.05, 0) is 19.8 Å². The van der Waals surface area contributed by atoms with Gasteiger partial charge >= 0.3 is 5.97 Å². The number of rotatable bonds is 6. The topological polar surface area (TPSA) is 77.8 Å². The van der Waals surface area contributed by atoms with Crippen LogP contribution in [0.25, 0.3) is 0 Å². The van der Waals surface area contributed by atoms with Crippen molar-refractivity contribution >= 4 is 5.97 Å². The van der Waals surface area contributed by atoms with E-state index in [1.54, 1.807) is 0 Å². The van der Waals surface area contributed by atoms with Crippen molar-refractivity contribution in [3.8, 4) is 0 Å². The van der Waals surface area contributed by atoms with Gasteiger partial charge in [0, 0.05) is 6.61 Å². The van der Waals surface area contributed by atoms with E-state index in [4.69, 9.17) is 10.2 Å². The van der Waals surface area contributed by atoms with E-state index in [1.165, 1.54) is 6.92 Å². The van der Waals surface area contributed by atoms with Crippen LogP contribution in [0.3, 0.4) is 0 Å². The first-order valence-electron chi connectivity index (χ1n) is 4.51. The Balaban J connectivity index is 4.47. The minimum Gasteiger partial charge on any atom is -0.481 e. The molecule has 0 rings (SSSR count). The molecule has 0 radical (unpaired) electrons. The number of hydrogen-bond donors (Lipinski definition) is 3. The van der Waals surface area contributed by atoms with E-state index in [2.05, 4.69) is 0 Å². The molecule has 4 heteroatoms. The Kier molecular flexibility index (Phi) is 4.95. The summed E-state index contributed by atoms with van der Waals surface area (Å²) in [6.45, 7) is 3.12. The van der Waals surface area contributed by atoms with Crippen molar-refractivity contribution in [2.75, 3.05) is 6.61 Å². The van der Waals surface area contributed by atoms with E-state index in [9.17, 15) is 9.90 Å². The second-order valence-corrected chi connectivity index (χ2v) is 3.50. The molecule has 0 saturated heterocycles. The molecule has 13 heavy (non-hydrogen) atoms. The molecule has 0 heterocycles. The molecule has 0 fully saturated rings. The Hall–Kier alpha value is -0.610. The quantitative estimate of drug-likeness (QED) is 0.573. The zero-order valence-corrected chi connectivity index (χ0v) is 8.16. The standard InChI is InChI=1S/C9H18O4/c1-3-4-7(11)9(2,5-6-10)8(12)13/h7,10-11H,3-6H2,1-2H3,(H,12,13). The van der Waals surface area contributed by atoms with E-state index in [0.29, 0.717) is 6.42 Å². The van der Waals surface area contributed by atoms with Gasteiger partial charge in [0.15, 0.2) is 0 Å². The van der Waals surface area contributed by atoms with Gasteiger partial charge < -0.3 is 15.3 Å². The van der Waals surface area contributed by atoms with Gasteiger partial charge in [-0.3, -0.25) is 4.79 Å². The molecular formula is C9H18O4. The molecule has 78 valence electrons. The van der Waals surface area contributed by atoms with Crippen molar-refractivity contribution in [3.05, 3.63) is 0 Å². The minimum atomic E-state index is -1.22. The number of aliphatic hydroxyl groups excluding tert-OH is 2. The molecule has 3 N–H and O–H groups in total. The number of carboxylic acid groups (broad SMARTS) is 1. The average molecular weight is 190 g/mol. The van der Waals surface area contributed by atoms with Crippen molar-refractivity contribution in [1.82, 2.24) is 0 Å². The van der Waals surface area contributed by atoms with E-state index in [0.717, 1.165) is 6.42 Å². The average Bonchev–Trinajstić information content (AvgIpc) is 2.04. The molecule has 0 spiro atoms. The Morgan fingerprint density at radius 3 is 2.38 bits per heavy atom. The highest BCUT2D eigenvalue weighted by Crippen LogP contribution is 2.28. The molecule has 0 saturated carbocycles. The van der Waals surface area contributed by atoms with Gasteiger partial charge in [0.1, 0.15) is 0 Å². The normalized spacial score (nSPS) is 17.8. The third-order valence-electron chi connectivity index (χ3n) is 2.42. The smallest absolute Gasteiger partial charge is 0.312 e. The lowest BCUT2D eigenvalue weighted by atomic mass is 9.79. The Morgan fingerprint density at radius 2 is 2.08 bits per heavy atom. The molecule has 2 atom stereocenters. The number of aliphatic hydroxyl groups is 2. The lowest BCUT2D eigenvalue weighted by Gasteiger charge is -2.29. The molecule has 0 amide bonds. The highest BCUT2D eigenvalue weighted by molar-refractivity contribution is 5.74. The molecule has 0 bridgehead atoms. The maximum absolute atomic E-state index is 10.9. The molecule has 0 aliphatic rings. The zero-order valence-electron chi connectivity index (χ0n) is 8.16. The lowest BCUT2D eigenvalue weighted by Crippen LogP contribution is -2.40. The second-order valence-electron chi connectivity index (χ2n) is 3.50. The van der Waals surface area contributed by atoms with Crippen molar-refractivity contribution in [1.29, 1.82) is 0 Å². The number of carbonyl (C=O) groups is 1. The number of carboxylic acids is 1. The van der Waals surface area contributed by atoms with Crippen LogP contribution < -0.4 is 0 Å². The maximum atomic E-state index is 10.9. The van der Waals surface area contributed by atoms with Gasteiger partial charge in [0.25, 0.3) is 0 Å². The van der Waals surface area contributed by atoms with Crippen molar-refractivity contribution in [2.24, 2.45) is 5.41 Å². The van der Waals surface area contributed by atoms with Gasteiger partial charge in [-0.25, -0.2) is 0 Å². The van der Waals surface area contributed by atoms with Gasteiger partial charge in [-0.2, -0.15) is 0 Å². The predicted octanol–water partition coefficient (Wildman–Crippen LogP) is 0.621. The van der Waals surface area contributed by atoms with Gasteiger partial charge in [-0.1, -0.05) is 13.3 Å². The monoisotopic (exact) mass is 190 g/mol. The van der Waals surface area contributed by atoms with Crippen LogP contribution in [0.4, 0.5) is 0 Å². The van der Waals surface area contributed by atoms with E-state index >= 15 is 0 Å². The van der Waals surface area contributed by atoms with Crippen molar-refractivity contribution in [2.45, 2.75) is 39.2 Å². The summed E-state index contributed by atoms with van der Waals surface area (Å²) >= 11 is 0. The van der Waals surface area contributed by atoms with Crippen LogP contribution in [0.5, 0.6) is 0 Å². The lowest BCUT2D eigenvalue weighted by molar-refractivity contribution is -0.156. The predicted molar refractivity (Wildman–Crippen MR) is 48.4 cm³/mol. The van der Waals surface area contributed by atoms with E-state index in [1.807, 2.05) is 6.92 Å². The summed E-state index contributed by atoms with van der Waals surface area (Å²) in [6, 6.07) is 0. The molecule has 0 aromatic rings. The summed E-state index contributed by atoms with van der Waals surface area (Å²) in [6.07, 6.45) is 0.379. The summed E-state index contributed by atoms with van der Waals surface area (Å²) in [5, 5.41) is 27.2. The van der Waals surface area contributed by atoms with Crippen molar-refractivity contribution in [3.63, 3.8) is 0 Å². The third-order valence-corrected chi connectivity index (χ3v) is 2.42. The summed E-state index contributed by atoms with van der Waals surface area (Å²) in [5.74, 6) is -1.05. The van der Waals surface area contributed by atoms with E-state index < -0.39 is 17.5 Å². The molecule has 0 aromatic carbocycles. The molecule has 0 aliphatic carbocycles. The first-order chi connectivity index (χ1) is 5.99. The second kappa shape index (κ2) is 5.19. The Morgan fingerprint density at radius 1 is 1.54 bits per heavy atom. The molecule has 0 aromatic heterocycles. The fourth-order valence-electron chi connectivity index (χ4n) is 1.24. The zero-order chi connectivity index (χ0) is 10.5. The highest BCUT2D eigenvalue weighted by Gasteiger charge is 2.39. The van der Waals surface area contributed by atoms with Gasteiger partial charge in [0.2, 0.25) is 0 Å². The maximum Gasteiger partial charge on any atom is 0.312 e. The molecular weight excluding hydrogens is 172 g/mol. The Labute approximate surface area is 78.2 Å². The van der Waals surface area contributed by atoms with Crippen LogP contribution in [0, 0.1) is 5.41 Å². The summed E-state index contributed by atoms with van der Waals surface area (Å²) < 4.78 is 0. The minimum absolute atomic E-state index is 0.0868. The SMILES string of the molecule is CCCC(O)C(C)(CCO)C(=O)O. The fraction of sp³-hybridized carbons (Fsp3) is 0.889. The van der Waals surface area contributed by atoms with E-state index in [-0.39, 0.29) is 13.0 Å². The highest BCUT2D eigenvalue weighted by atomic mass is 16.4. The molecule has 0 aliphatic heterocycles. The first-order valence-corrected chi connectivity index (χ1v) is 4.51. The summed E-state index contributed by atoms with van der Waals surface area (Å²) in [7, 11) is 0. The first kappa shape index (κ1) is 12.4. The van der Waals surface area contributed by atoms with Crippen LogP contribution in [0.1, 0.15) is 33.1 Å². The van der Waals surface area contributed by atoms with Gasteiger partial charge in [-0.15, -0.1) is 0 Å². The summed E-state index contributed by atoms with van der Waals surface area (Å²) in [4.78, 5) is 10.9. The molecule has 4 nitrogen and oxygen atoms in total. The molecule has 2 unspecified atom stereocenters.